The average Bonchev–Trinajstić information content (AvgIpc) is 2.94. The molecular weight excluding hydrogens is 297 g/mol. The third-order valence-electron chi connectivity index (χ3n) is 3.54. The zero-order chi connectivity index (χ0) is 15.0. The molecule has 8 heteroatoms. The van der Waals surface area contributed by atoms with E-state index in [2.05, 4.69) is 4.98 Å². The summed E-state index contributed by atoms with van der Waals surface area (Å²) in [6.07, 6.45) is 3.44. The number of hydrogen-bond donors (Lipinski definition) is 1. The van der Waals surface area contributed by atoms with Gasteiger partial charge in [-0.05, 0) is 18.2 Å². The highest BCUT2D eigenvalue weighted by Gasteiger charge is 2.29. The van der Waals surface area contributed by atoms with E-state index in [-0.39, 0.29) is 17.0 Å². The Hall–Kier alpha value is -1.77. The fourth-order valence-corrected chi connectivity index (χ4v) is 3.78. The number of sulfonamides is 1. The molecule has 0 saturated carbocycles. The number of rotatable bonds is 3. The molecule has 0 fully saturated rings. The summed E-state index contributed by atoms with van der Waals surface area (Å²) in [5.74, 6) is 0.0555. The molecule has 0 radical (unpaired) electrons. The van der Waals surface area contributed by atoms with Gasteiger partial charge in [0, 0.05) is 31.0 Å². The Balaban J connectivity index is 1.94. The van der Waals surface area contributed by atoms with E-state index in [4.69, 9.17) is 5.11 Å². The van der Waals surface area contributed by atoms with E-state index in [1.54, 1.807) is 12.4 Å². The van der Waals surface area contributed by atoms with Gasteiger partial charge in [0.25, 0.3) is 0 Å². The molecule has 2 heterocycles. The zero-order valence-electron chi connectivity index (χ0n) is 11.1. The predicted octanol–water partition coefficient (Wildman–Crippen LogP) is 0.719. The fourth-order valence-electron chi connectivity index (χ4n) is 2.34. The predicted molar refractivity (Wildman–Crippen MR) is 72.1 cm³/mol. The summed E-state index contributed by atoms with van der Waals surface area (Å²) in [6, 6.07) is 3.44. The van der Waals surface area contributed by atoms with Gasteiger partial charge in [0.2, 0.25) is 10.0 Å². The number of imidazole rings is 1. The van der Waals surface area contributed by atoms with Crippen LogP contribution in [0.15, 0.2) is 35.5 Å². The molecule has 112 valence electrons. The molecule has 0 unspecified atom stereocenters. The topological polar surface area (TPSA) is 75.4 Å². The number of aliphatic hydroxyl groups is 1. The number of aromatic nitrogens is 2. The fraction of sp³-hybridized carbons (Fsp3) is 0.308. The van der Waals surface area contributed by atoms with Crippen molar-refractivity contribution in [3.63, 3.8) is 0 Å². The summed E-state index contributed by atoms with van der Waals surface area (Å²) in [4.78, 5) is 4.10. The maximum Gasteiger partial charge on any atom is 0.243 e. The lowest BCUT2D eigenvalue weighted by Gasteiger charge is -2.27. The van der Waals surface area contributed by atoms with Crippen LogP contribution >= 0.6 is 0 Å². The van der Waals surface area contributed by atoms with E-state index < -0.39 is 22.4 Å². The van der Waals surface area contributed by atoms with Gasteiger partial charge in [-0.3, -0.25) is 0 Å². The Morgan fingerprint density at radius 3 is 2.90 bits per heavy atom. The molecule has 21 heavy (non-hydrogen) atoms. The standard InChI is InChI=1S/C13H14FN3O3S/c14-12-2-1-11(7-10(12)9-18)21(19,20)17-6-5-16-4-3-15-13(16)8-17/h1-4,7,18H,5-6,8-9H2. The van der Waals surface area contributed by atoms with Crippen LogP contribution in [0.1, 0.15) is 11.4 Å². The van der Waals surface area contributed by atoms with Crippen LogP contribution in [0.3, 0.4) is 0 Å². The van der Waals surface area contributed by atoms with Crippen LogP contribution in [-0.2, 0) is 29.7 Å². The molecule has 0 bridgehead atoms. The number of benzene rings is 1. The second kappa shape index (κ2) is 5.21. The first-order chi connectivity index (χ1) is 10.0. The third-order valence-corrected chi connectivity index (χ3v) is 5.38. The van der Waals surface area contributed by atoms with Crippen molar-refractivity contribution in [3.05, 3.63) is 47.8 Å². The molecular formula is C13H14FN3O3S. The van der Waals surface area contributed by atoms with E-state index >= 15 is 0 Å². The lowest BCUT2D eigenvalue weighted by Crippen LogP contribution is -2.38. The largest absolute Gasteiger partial charge is 0.392 e. The minimum atomic E-state index is -3.73. The molecule has 0 spiro atoms. The Kier molecular flexibility index (Phi) is 3.52. The quantitative estimate of drug-likeness (QED) is 0.906. The lowest BCUT2D eigenvalue weighted by atomic mass is 10.2. The molecule has 1 N–H and O–H groups in total. The van der Waals surface area contributed by atoms with Gasteiger partial charge in [-0.1, -0.05) is 0 Å². The van der Waals surface area contributed by atoms with Crippen molar-refractivity contribution in [2.45, 2.75) is 24.6 Å². The van der Waals surface area contributed by atoms with Crippen LogP contribution in [0.5, 0.6) is 0 Å². The normalized spacial score (nSPS) is 15.9. The van der Waals surface area contributed by atoms with Gasteiger partial charge in [-0.2, -0.15) is 4.31 Å². The summed E-state index contributed by atoms with van der Waals surface area (Å²) in [7, 11) is -3.73. The number of nitrogens with zero attached hydrogens (tertiary/aromatic N) is 3. The lowest BCUT2D eigenvalue weighted by molar-refractivity contribution is 0.275. The number of halogens is 1. The minimum Gasteiger partial charge on any atom is -0.392 e. The molecule has 1 aliphatic heterocycles. The highest BCUT2D eigenvalue weighted by Crippen LogP contribution is 2.22. The third kappa shape index (κ3) is 2.45. The van der Waals surface area contributed by atoms with Crippen LogP contribution in [0.2, 0.25) is 0 Å². The van der Waals surface area contributed by atoms with Crippen molar-refractivity contribution in [3.8, 4) is 0 Å². The SMILES string of the molecule is O=S(=O)(c1ccc(F)c(CO)c1)N1CCn2ccnc2C1. The summed E-state index contributed by atoms with van der Waals surface area (Å²) in [6.45, 7) is 0.501. The Morgan fingerprint density at radius 1 is 1.33 bits per heavy atom. The highest BCUT2D eigenvalue weighted by atomic mass is 32.2. The van der Waals surface area contributed by atoms with Crippen molar-refractivity contribution in [2.24, 2.45) is 0 Å². The van der Waals surface area contributed by atoms with Crippen molar-refractivity contribution in [1.82, 2.24) is 13.9 Å². The van der Waals surface area contributed by atoms with Gasteiger partial charge >= 0.3 is 0 Å². The van der Waals surface area contributed by atoms with Gasteiger partial charge in [-0.15, -0.1) is 0 Å². The summed E-state index contributed by atoms with van der Waals surface area (Å²) in [5.41, 5.74) is -0.0328. The molecule has 1 aliphatic rings. The number of hydrogen-bond acceptors (Lipinski definition) is 4. The molecule has 0 amide bonds. The van der Waals surface area contributed by atoms with Gasteiger partial charge in [0.05, 0.1) is 18.0 Å². The summed E-state index contributed by atoms with van der Waals surface area (Å²) in [5, 5.41) is 9.06. The number of fused-ring (bicyclic) bond motifs is 1. The monoisotopic (exact) mass is 311 g/mol. The molecule has 0 atom stereocenters. The van der Waals surface area contributed by atoms with Gasteiger partial charge in [0.1, 0.15) is 11.6 Å². The first-order valence-corrected chi connectivity index (χ1v) is 7.86. The molecule has 2 aromatic rings. The number of aliphatic hydroxyl groups excluding tert-OH is 1. The van der Waals surface area contributed by atoms with E-state index in [9.17, 15) is 12.8 Å². The van der Waals surface area contributed by atoms with Crippen LogP contribution in [0.4, 0.5) is 4.39 Å². The Labute approximate surface area is 121 Å². The van der Waals surface area contributed by atoms with Crippen molar-refractivity contribution in [2.75, 3.05) is 6.54 Å². The van der Waals surface area contributed by atoms with Crippen LogP contribution in [0.25, 0.3) is 0 Å². The Morgan fingerprint density at radius 2 is 2.14 bits per heavy atom. The molecule has 6 nitrogen and oxygen atoms in total. The summed E-state index contributed by atoms with van der Waals surface area (Å²) < 4.78 is 41.7. The Bertz CT molecular complexity index is 773. The molecule has 0 saturated heterocycles. The molecule has 1 aromatic carbocycles. The van der Waals surface area contributed by atoms with Crippen molar-refractivity contribution >= 4 is 10.0 Å². The molecule has 1 aromatic heterocycles. The van der Waals surface area contributed by atoms with E-state index in [1.165, 1.54) is 16.4 Å². The minimum absolute atomic E-state index is 0.0204. The van der Waals surface area contributed by atoms with Gasteiger partial charge < -0.3 is 9.67 Å². The smallest absolute Gasteiger partial charge is 0.243 e. The van der Waals surface area contributed by atoms with Crippen LogP contribution in [-0.4, -0.2) is 33.9 Å². The van der Waals surface area contributed by atoms with Crippen LogP contribution in [0, 0.1) is 5.82 Å². The summed E-state index contributed by atoms with van der Waals surface area (Å²) >= 11 is 0. The van der Waals surface area contributed by atoms with Gasteiger partial charge in [0.15, 0.2) is 0 Å². The zero-order valence-corrected chi connectivity index (χ0v) is 11.9. The van der Waals surface area contributed by atoms with Crippen molar-refractivity contribution < 1.29 is 17.9 Å². The van der Waals surface area contributed by atoms with E-state index in [1.807, 2.05) is 4.57 Å². The first kappa shape index (κ1) is 14.2. The van der Waals surface area contributed by atoms with E-state index in [0.717, 1.165) is 6.07 Å². The van der Waals surface area contributed by atoms with E-state index in [0.29, 0.717) is 18.9 Å². The van der Waals surface area contributed by atoms with Crippen LogP contribution < -0.4 is 0 Å². The molecule has 0 aliphatic carbocycles. The maximum atomic E-state index is 13.4. The highest BCUT2D eigenvalue weighted by molar-refractivity contribution is 7.89. The van der Waals surface area contributed by atoms with Gasteiger partial charge in [-0.25, -0.2) is 17.8 Å². The van der Waals surface area contributed by atoms with Crippen molar-refractivity contribution in [1.29, 1.82) is 0 Å². The maximum absolute atomic E-state index is 13.4. The average molecular weight is 311 g/mol. The second-order valence-electron chi connectivity index (χ2n) is 4.79. The second-order valence-corrected chi connectivity index (χ2v) is 6.72. The molecule has 3 rings (SSSR count). The first-order valence-electron chi connectivity index (χ1n) is 6.42.